The molecule has 0 amide bonds. The van der Waals surface area contributed by atoms with Crippen molar-refractivity contribution in [1.82, 2.24) is 0 Å². The molecular formula is C21H12BrClO. The van der Waals surface area contributed by atoms with E-state index < -0.39 is 0 Å². The quantitative estimate of drug-likeness (QED) is 0.247. The number of ether oxygens (including phenoxy) is 1. The van der Waals surface area contributed by atoms with Crippen LogP contribution in [0.5, 0.6) is 11.5 Å². The van der Waals surface area contributed by atoms with Crippen LogP contribution in [-0.2, 0) is 0 Å². The Balaban J connectivity index is 2.03. The Morgan fingerprint density at radius 1 is 0.833 bits per heavy atom. The third-order valence-electron chi connectivity index (χ3n) is 4.68. The van der Waals surface area contributed by atoms with Crippen molar-refractivity contribution in [2.45, 2.75) is 6.92 Å². The first kappa shape index (κ1) is 14.3. The van der Waals surface area contributed by atoms with Gasteiger partial charge in [0.15, 0.2) is 0 Å². The van der Waals surface area contributed by atoms with Crippen LogP contribution in [0.25, 0.3) is 32.7 Å². The Hall–Kier alpha value is -2.03. The summed E-state index contributed by atoms with van der Waals surface area (Å²) >= 11 is 9.85. The van der Waals surface area contributed by atoms with Crippen LogP contribution < -0.4 is 4.74 Å². The molecule has 0 bridgehead atoms. The summed E-state index contributed by atoms with van der Waals surface area (Å²) in [5, 5.41) is 5.50. The molecule has 24 heavy (non-hydrogen) atoms. The second-order valence-corrected chi connectivity index (χ2v) is 7.52. The van der Waals surface area contributed by atoms with E-state index in [2.05, 4.69) is 47.1 Å². The van der Waals surface area contributed by atoms with Crippen LogP contribution in [-0.4, -0.2) is 0 Å². The molecule has 0 saturated heterocycles. The molecule has 0 atom stereocenters. The predicted octanol–water partition coefficient (Wildman–Crippen LogP) is 7.49. The van der Waals surface area contributed by atoms with Gasteiger partial charge in [-0.1, -0.05) is 39.7 Å². The Kier molecular flexibility index (Phi) is 2.97. The van der Waals surface area contributed by atoms with Gasteiger partial charge in [-0.05, 0) is 76.7 Å². The molecule has 5 rings (SSSR count). The Bertz CT molecular complexity index is 1160. The lowest BCUT2D eigenvalue weighted by Crippen LogP contribution is -1.98. The minimum absolute atomic E-state index is 0.766. The van der Waals surface area contributed by atoms with Crippen molar-refractivity contribution in [2.75, 3.05) is 0 Å². The summed E-state index contributed by atoms with van der Waals surface area (Å²) in [6.45, 7) is 2.11. The van der Waals surface area contributed by atoms with E-state index >= 15 is 0 Å². The molecule has 1 aliphatic rings. The number of hydrogen-bond donors (Lipinski definition) is 0. The van der Waals surface area contributed by atoms with Gasteiger partial charge in [0.25, 0.3) is 0 Å². The van der Waals surface area contributed by atoms with Gasteiger partial charge in [-0.3, -0.25) is 0 Å². The van der Waals surface area contributed by atoms with Gasteiger partial charge < -0.3 is 4.74 Å². The molecular weight excluding hydrogens is 384 g/mol. The van der Waals surface area contributed by atoms with Crippen molar-refractivity contribution in [3.8, 4) is 22.6 Å². The van der Waals surface area contributed by atoms with Gasteiger partial charge in [0.2, 0.25) is 0 Å². The highest BCUT2D eigenvalue weighted by molar-refractivity contribution is 9.10. The number of halogens is 2. The average Bonchev–Trinajstić information content (AvgIpc) is 2.55. The summed E-state index contributed by atoms with van der Waals surface area (Å²) in [5.74, 6) is 1.78. The van der Waals surface area contributed by atoms with Crippen molar-refractivity contribution < 1.29 is 4.74 Å². The van der Waals surface area contributed by atoms with Gasteiger partial charge in [0.05, 0.1) is 0 Å². The van der Waals surface area contributed by atoms with Crippen LogP contribution in [0.4, 0.5) is 0 Å². The molecule has 4 aromatic carbocycles. The van der Waals surface area contributed by atoms with Crippen LogP contribution in [0.2, 0.25) is 5.02 Å². The molecule has 0 aliphatic carbocycles. The van der Waals surface area contributed by atoms with E-state index in [1.54, 1.807) is 0 Å². The third-order valence-corrected chi connectivity index (χ3v) is 5.39. The fraction of sp³-hybridized carbons (Fsp3) is 0.0476. The van der Waals surface area contributed by atoms with Gasteiger partial charge in [-0.25, -0.2) is 0 Å². The largest absolute Gasteiger partial charge is 0.456 e. The summed E-state index contributed by atoms with van der Waals surface area (Å²) in [6, 6.07) is 18.7. The van der Waals surface area contributed by atoms with Crippen LogP contribution in [0, 0.1) is 6.92 Å². The topological polar surface area (TPSA) is 9.23 Å². The van der Waals surface area contributed by atoms with E-state index in [4.69, 9.17) is 16.3 Å². The van der Waals surface area contributed by atoms with Crippen LogP contribution in [0.3, 0.4) is 0 Å². The first-order chi connectivity index (χ1) is 11.6. The highest BCUT2D eigenvalue weighted by Crippen LogP contribution is 2.49. The minimum Gasteiger partial charge on any atom is -0.456 e. The standard InChI is InChI=1S/C21H12BrClO/c1-11-7-13(23)9-17-15-3-2-4-19-21(15)18(10-16(11)17)14-6-5-12(22)8-20(14)24-19/h2-10H,1H3. The van der Waals surface area contributed by atoms with Crippen molar-refractivity contribution in [2.24, 2.45) is 0 Å². The number of fused-ring (bicyclic) bond motifs is 4. The lowest BCUT2D eigenvalue weighted by atomic mass is 9.89. The highest BCUT2D eigenvalue weighted by Gasteiger charge is 2.22. The number of hydrogen-bond acceptors (Lipinski definition) is 1. The molecule has 0 spiro atoms. The highest BCUT2D eigenvalue weighted by atomic mass is 79.9. The number of aryl methyl sites for hydroxylation is 1. The van der Waals surface area contributed by atoms with Crippen molar-refractivity contribution in [3.63, 3.8) is 0 Å². The Morgan fingerprint density at radius 2 is 1.71 bits per heavy atom. The Morgan fingerprint density at radius 3 is 2.58 bits per heavy atom. The van der Waals surface area contributed by atoms with Gasteiger partial charge >= 0.3 is 0 Å². The Labute approximate surface area is 152 Å². The maximum absolute atomic E-state index is 6.31. The summed E-state index contributed by atoms with van der Waals surface area (Å²) in [7, 11) is 0. The zero-order valence-electron chi connectivity index (χ0n) is 12.9. The average molecular weight is 396 g/mol. The van der Waals surface area contributed by atoms with E-state index in [0.717, 1.165) is 31.9 Å². The first-order valence-electron chi connectivity index (χ1n) is 7.75. The van der Waals surface area contributed by atoms with Gasteiger partial charge in [-0.2, -0.15) is 0 Å². The maximum atomic E-state index is 6.31. The van der Waals surface area contributed by atoms with E-state index in [1.165, 1.54) is 27.3 Å². The lowest BCUT2D eigenvalue weighted by Gasteiger charge is -2.23. The molecule has 1 aliphatic heterocycles. The van der Waals surface area contributed by atoms with E-state index in [1.807, 2.05) is 30.3 Å². The van der Waals surface area contributed by atoms with Crippen LogP contribution in [0.1, 0.15) is 5.56 Å². The molecule has 1 nitrogen and oxygen atoms in total. The second kappa shape index (κ2) is 4.98. The fourth-order valence-electron chi connectivity index (χ4n) is 3.64. The molecule has 1 heterocycles. The van der Waals surface area contributed by atoms with Gasteiger partial charge in [-0.15, -0.1) is 0 Å². The van der Waals surface area contributed by atoms with Crippen LogP contribution in [0.15, 0.2) is 59.1 Å². The maximum Gasteiger partial charge on any atom is 0.136 e. The molecule has 116 valence electrons. The van der Waals surface area contributed by atoms with E-state index in [0.29, 0.717) is 0 Å². The molecule has 3 heteroatoms. The summed E-state index contributed by atoms with van der Waals surface area (Å²) < 4.78 is 7.19. The number of benzene rings is 4. The lowest BCUT2D eigenvalue weighted by molar-refractivity contribution is 0.487. The molecule has 4 aromatic rings. The normalized spacial score (nSPS) is 12.3. The van der Waals surface area contributed by atoms with Gasteiger partial charge in [0, 0.05) is 20.4 Å². The summed E-state index contributed by atoms with van der Waals surface area (Å²) in [5.41, 5.74) is 3.52. The van der Waals surface area contributed by atoms with E-state index in [9.17, 15) is 0 Å². The molecule has 0 unspecified atom stereocenters. The van der Waals surface area contributed by atoms with E-state index in [-0.39, 0.29) is 0 Å². The molecule has 0 N–H and O–H groups in total. The zero-order valence-corrected chi connectivity index (χ0v) is 15.2. The van der Waals surface area contributed by atoms with Crippen molar-refractivity contribution in [3.05, 3.63) is 69.7 Å². The second-order valence-electron chi connectivity index (χ2n) is 6.16. The van der Waals surface area contributed by atoms with Crippen molar-refractivity contribution in [1.29, 1.82) is 0 Å². The zero-order chi connectivity index (χ0) is 16.4. The fourth-order valence-corrected chi connectivity index (χ4v) is 4.25. The molecule has 0 saturated carbocycles. The van der Waals surface area contributed by atoms with Crippen molar-refractivity contribution >= 4 is 49.1 Å². The molecule has 0 fully saturated rings. The van der Waals surface area contributed by atoms with Crippen LogP contribution >= 0.6 is 27.5 Å². The predicted molar refractivity (Wildman–Crippen MR) is 104 cm³/mol. The molecule has 0 radical (unpaired) electrons. The summed E-state index contributed by atoms with van der Waals surface area (Å²) in [4.78, 5) is 0. The monoisotopic (exact) mass is 394 g/mol. The SMILES string of the molecule is Cc1cc(Cl)cc2c1cc1c3c(cccc32)Oc2cc(Br)ccc2-1. The van der Waals surface area contributed by atoms with Gasteiger partial charge in [0.1, 0.15) is 11.5 Å². The summed E-state index contributed by atoms with van der Waals surface area (Å²) in [6.07, 6.45) is 0. The minimum atomic E-state index is 0.766. The number of rotatable bonds is 0. The smallest absolute Gasteiger partial charge is 0.136 e. The molecule has 0 aromatic heterocycles. The third kappa shape index (κ3) is 1.93. The first-order valence-corrected chi connectivity index (χ1v) is 8.92.